The monoisotopic (exact) mass is 605 g/mol. The van der Waals surface area contributed by atoms with Gasteiger partial charge in [0.2, 0.25) is 0 Å². The molecule has 5 aliphatic rings. The molecule has 0 unspecified atom stereocenters. The molecule has 218 valence electrons. The zero-order valence-electron chi connectivity index (χ0n) is 23.4. The fourth-order valence-corrected chi connectivity index (χ4v) is 7.29. The molecule has 2 bridgehead atoms. The Kier molecular flexibility index (Phi) is 6.61. The summed E-state index contributed by atoms with van der Waals surface area (Å²) in [6.07, 6.45) is 16.1. The lowest BCUT2D eigenvalue weighted by atomic mass is 9.59. The van der Waals surface area contributed by atoms with Gasteiger partial charge < -0.3 is 18.7 Å². The third-order valence-electron chi connectivity index (χ3n) is 9.75. The molecule has 7 nitrogen and oxygen atoms in total. The van der Waals surface area contributed by atoms with Crippen molar-refractivity contribution in [3.05, 3.63) is 64.2 Å². The Hall–Kier alpha value is -2.87. The van der Waals surface area contributed by atoms with E-state index in [1.165, 1.54) is 0 Å². The molecule has 0 radical (unpaired) electrons. The molecule has 0 amide bonds. The van der Waals surface area contributed by atoms with Crippen LogP contribution >= 0.6 is 23.2 Å². The Labute approximate surface area is 254 Å². The highest BCUT2D eigenvalue weighted by Gasteiger charge is 2.50. The molecule has 3 aromatic heterocycles. The van der Waals surface area contributed by atoms with Gasteiger partial charge in [-0.15, -0.1) is 0 Å². The van der Waals surface area contributed by atoms with E-state index >= 15 is 0 Å². The summed E-state index contributed by atoms with van der Waals surface area (Å²) in [6, 6.07) is 8.11. The van der Waals surface area contributed by atoms with Crippen molar-refractivity contribution in [1.82, 2.24) is 15.1 Å². The van der Waals surface area contributed by atoms with E-state index in [1.807, 2.05) is 24.4 Å². The first kappa shape index (κ1) is 26.7. The summed E-state index contributed by atoms with van der Waals surface area (Å²) in [5.74, 6) is 3.09. The van der Waals surface area contributed by atoms with Crippen LogP contribution in [0.15, 0.2) is 47.4 Å². The third kappa shape index (κ3) is 5.03. The smallest absolute Gasteiger partial charge is 0.145 e. The van der Waals surface area contributed by atoms with Crippen molar-refractivity contribution in [2.45, 2.75) is 88.4 Å². The summed E-state index contributed by atoms with van der Waals surface area (Å²) in [6.45, 7) is 1.16. The third-order valence-corrected chi connectivity index (χ3v) is 10.3. The van der Waals surface area contributed by atoms with E-state index in [0.717, 1.165) is 97.9 Å². The number of hydrogen-bond acceptors (Lipinski definition) is 7. The molecule has 9 rings (SSSR count). The van der Waals surface area contributed by atoms with Crippen molar-refractivity contribution in [2.75, 3.05) is 6.61 Å². The van der Waals surface area contributed by atoms with Gasteiger partial charge in [0.25, 0.3) is 0 Å². The Morgan fingerprint density at radius 2 is 1.69 bits per heavy atom. The van der Waals surface area contributed by atoms with Crippen LogP contribution in [0.2, 0.25) is 10.0 Å². The molecule has 0 N–H and O–H groups in total. The summed E-state index contributed by atoms with van der Waals surface area (Å²) in [5, 5.41) is 6.37. The van der Waals surface area contributed by atoms with Gasteiger partial charge in [-0.05, 0) is 88.5 Å². The van der Waals surface area contributed by atoms with Crippen LogP contribution in [0.3, 0.4) is 0 Å². The molecular weight excluding hydrogens is 573 g/mol. The highest BCUT2D eigenvalue weighted by molar-refractivity contribution is 6.38. The molecule has 9 heteroatoms. The highest BCUT2D eigenvalue weighted by atomic mass is 35.5. The van der Waals surface area contributed by atoms with Gasteiger partial charge in [-0.3, -0.25) is 9.97 Å². The minimum Gasteiger partial charge on any atom is -0.493 e. The lowest BCUT2D eigenvalue weighted by Crippen LogP contribution is -2.49. The zero-order chi connectivity index (χ0) is 28.3. The first-order valence-electron chi connectivity index (χ1n) is 15.1. The number of ether oxygens (including phenoxy) is 3. The van der Waals surface area contributed by atoms with Gasteiger partial charge in [0.15, 0.2) is 0 Å². The number of rotatable bonds is 10. The second kappa shape index (κ2) is 10.4. The Balaban J connectivity index is 0.945. The van der Waals surface area contributed by atoms with Crippen molar-refractivity contribution < 1.29 is 18.7 Å². The van der Waals surface area contributed by atoms with Crippen LogP contribution in [-0.4, -0.2) is 33.4 Å². The molecular formula is C33H33Cl2N3O4. The van der Waals surface area contributed by atoms with E-state index in [9.17, 15) is 0 Å². The van der Waals surface area contributed by atoms with Gasteiger partial charge in [-0.2, -0.15) is 0 Å². The van der Waals surface area contributed by atoms with Crippen LogP contribution in [0.1, 0.15) is 81.4 Å². The van der Waals surface area contributed by atoms with Crippen LogP contribution in [0.25, 0.3) is 22.2 Å². The van der Waals surface area contributed by atoms with Crippen molar-refractivity contribution in [3.8, 4) is 22.8 Å². The maximum absolute atomic E-state index is 6.80. The molecule has 42 heavy (non-hydrogen) atoms. The molecule has 0 spiro atoms. The van der Waals surface area contributed by atoms with E-state index < -0.39 is 0 Å². The highest BCUT2D eigenvalue weighted by Crippen LogP contribution is 2.55. The lowest BCUT2D eigenvalue weighted by molar-refractivity contribution is -0.150. The van der Waals surface area contributed by atoms with Crippen molar-refractivity contribution in [1.29, 1.82) is 0 Å². The summed E-state index contributed by atoms with van der Waals surface area (Å²) < 4.78 is 25.2. The Morgan fingerprint density at radius 1 is 0.929 bits per heavy atom. The van der Waals surface area contributed by atoms with Crippen LogP contribution in [0, 0.1) is 5.41 Å². The SMILES string of the molecule is Clc1cncc(Cl)c1-c1noc(C2CC2)c1COC12CCC(COc3ccc4nccc(OC5CC5)c4c3)(CC1)CC2. The molecule has 5 saturated carbocycles. The molecule has 0 aliphatic heterocycles. The topological polar surface area (TPSA) is 79.5 Å². The number of fused-ring (bicyclic) bond motifs is 4. The maximum atomic E-state index is 6.80. The van der Waals surface area contributed by atoms with Gasteiger partial charge in [0.1, 0.15) is 23.0 Å². The normalized spacial score (nSPS) is 25.2. The number of halogens is 2. The number of pyridine rings is 2. The van der Waals surface area contributed by atoms with Crippen molar-refractivity contribution >= 4 is 34.1 Å². The fourth-order valence-electron chi connectivity index (χ4n) is 6.74. The molecule has 5 fully saturated rings. The minimum atomic E-state index is -0.132. The predicted octanol–water partition coefficient (Wildman–Crippen LogP) is 8.70. The second-order valence-electron chi connectivity index (χ2n) is 12.7. The average molecular weight is 607 g/mol. The summed E-state index contributed by atoms with van der Waals surface area (Å²) in [5.41, 5.74) is 3.30. The second-order valence-corrected chi connectivity index (χ2v) is 13.5. The summed E-state index contributed by atoms with van der Waals surface area (Å²) in [4.78, 5) is 8.62. The quantitative estimate of drug-likeness (QED) is 0.179. The van der Waals surface area contributed by atoms with Gasteiger partial charge in [0.05, 0.1) is 40.5 Å². The van der Waals surface area contributed by atoms with Gasteiger partial charge >= 0.3 is 0 Å². The Bertz CT molecular complexity index is 1600. The average Bonchev–Trinajstić information content (AvgIpc) is 3.96. The number of aromatic nitrogens is 3. The van der Waals surface area contributed by atoms with Crippen LogP contribution < -0.4 is 9.47 Å². The van der Waals surface area contributed by atoms with E-state index in [4.69, 9.17) is 41.9 Å². The number of hydrogen-bond donors (Lipinski definition) is 0. The van der Waals surface area contributed by atoms with Gasteiger partial charge in [-0.1, -0.05) is 28.4 Å². The molecule has 5 aliphatic carbocycles. The molecule has 4 aromatic rings. The van der Waals surface area contributed by atoms with Crippen LogP contribution in [-0.2, 0) is 11.3 Å². The predicted molar refractivity (Wildman–Crippen MR) is 160 cm³/mol. The van der Waals surface area contributed by atoms with E-state index in [0.29, 0.717) is 46.5 Å². The fraction of sp³-hybridized carbons (Fsp3) is 0.485. The summed E-state index contributed by atoms with van der Waals surface area (Å²) >= 11 is 13.0. The Morgan fingerprint density at radius 3 is 2.40 bits per heavy atom. The summed E-state index contributed by atoms with van der Waals surface area (Å²) in [7, 11) is 0. The van der Waals surface area contributed by atoms with Gasteiger partial charge in [0, 0.05) is 46.4 Å². The lowest BCUT2D eigenvalue weighted by Gasteiger charge is -2.52. The first-order chi connectivity index (χ1) is 20.5. The van der Waals surface area contributed by atoms with Crippen LogP contribution in [0.5, 0.6) is 11.5 Å². The minimum absolute atomic E-state index is 0.132. The maximum Gasteiger partial charge on any atom is 0.145 e. The molecule has 1 aromatic carbocycles. The van der Waals surface area contributed by atoms with E-state index in [1.54, 1.807) is 12.4 Å². The van der Waals surface area contributed by atoms with Crippen molar-refractivity contribution in [2.24, 2.45) is 5.41 Å². The number of benzene rings is 1. The molecule has 0 atom stereocenters. The van der Waals surface area contributed by atoms with Crippen molar-refractivity contribution in [3.63, 3.8) is 0 Å². The zero-order valence-corrected chi connectivity index (χ0v) is 24.9. The van der Waals surface area contributed by atoms with Gasteiger partial charge in [-0.25, -0.2) is 0 Å². The molecule has 0 saturated heterocycles. The molecule has 3 heterocycles. The van der Waals surface area contributed by atoms with E-state index in [2.05, 4.69) is 21.2 Å². The van der Waals surface area contributed by atoms with Crippen LogP contribution in [0.4, 0.5) is 0 Å². The standard InChI is InChI=1S/C33H33Cl2N3O4/c34-25-16-36-17-26(35)29(25)30-24(31(42-38-30)20-1-2-20)18-40-33-11-8-32(9-12-33,10-13-33)19-39-22-5-6-27-23(15-22)28(7-14-37-27)41-21-3-4-21/h5-7,14-17,20-21H,1-4,8-13,18-19H2. The first-order valence-corrected chi connectivity index (χ1v) is 15.9. The van der Waals surface area contributed by atoms with E-state index in [-0.39, 0.29) is 11.0 Å². The largest absolute Gasteiger partial charge is 0.493 e. The number of nitrogens with zero attached hydrogens (tertiary/aromatic N) is 3.